The molecule has 9 heteroatoms. The minimum atomic E-state index is -3.75. The van der Waals surface area contributed by atoms with E-state index in [4.69, 9.17) is 9.88 Å². The van der Waals surface area contributed by atoms with E-state index in [1.54, 1.807) is 24.2 Å². The zero-order chi connectivity index (χ0) is 22.1. The summed E-state index contributed by atoms with van der Waals surface area (Å²) in [5, 5.41) is 11.2. The van der Waals surface area contributed by atoms with Crippen LogP contribution >= 0.6 is 0 Å². The maximum atomic E-state index is 14.4. The van der Waals surface area contributed by atoms with Crippen LogP contribution in [-0.4, -0.2) is 38.3 Å². The fourth-order valence-electron chi connectivity index (χ4n) is 4.54. The quantitative estimate of drug-likeness (QED) is 0.780. The van der Waals surface area contributed by atoms with Gasteiger partial charge < -0.3 is 4.74 Å². The predicted octanol–water partition coefficient (Wildman–Crippen LogP) is 3.59. The van der Waals surface area contributed by atoms with Gasteiger partial charge in [-0.3, -0.25) is 5.01 Å². The smallest absolute Gasteiger partial charge is 0.242 e. The number of primary sulfonamides is 1. The molecule has 0 bridgehead atoms. The zero-order valence-corrected chi connectivity index (χ0v) is 18.1. The Morgan fingerprint density at radius 1 is 1.23 bits per heavy atom. The molecule has 1 aromatic carbocycles. The Bertz CT molecular complexity index is 1080. The van der Waals surface area contributed by atoms with Gasteiger partial charge in [0.15, 0.2) is 6.23 Å². The second-order valence-corrected chi connectivity index (χ2v) is 10.6. The van der Waals surface area contributed by atoms with E-state index in [0.29, 0.717) is 0 Å². The molecule has 2 N–H and O–H groups in total. The van der Waals surface area contributed by atoms with Crippen LogP contribution in [0, 0.1) is 11.3 Å². The van der Waals surface area contributed by atoms with Crippen LogP contribution < -0.4 is 5.14 Å². The minimum Gasteiger partial charge on any atom is -0.450 e. The molecule has 2 aliphatic carbocycles. The minimum absolute atomic E-state index is 0.0479. The highest BCUT2D eigenvalue weighted by atomic mass is 32.2. The van der Waals surface area contributed by atoms with E-state index < -0.39 is 27.7 Å². The number of allylic oxidation sites excluding steroid dienone is 2. The lowest BCUT2D eigenvalue weighted by Crippen LogP contribution is -2.29. The fourth-order valence-corrected chi connectivity index (χ4v) is 5.05. The van der Waals surface area contributed by atoms with Crippen molar-refractivity contribution in [3.05, 3.63) is 53.4 Å². The Labute approximate surface area is 175 Å². The largest absolute Gasteiger partial charge is 0.450 e. The Balaban J connectivity index is 1.53. The average Bonchev–Trinajstić information content (AvgIpc) is 2.98. The first-order valence-corrected chi connectivity index (χ1v) is 11.2. The maximum absolute atomic E-state index is 14.4. The van der Waals surface area contributed by atoms with Crippen molar-refractivity contribution in [3.63, 3.8) is 0 Å². The molecule has 4 rings (SSSR count). The highest BCUT2D eigenvalue weighted by molar-refractivity contribution is 7.89. The number of sulfonamides is 1. The van der Waals surface area contributed by atoms with Gasteiger partial charge in [-0.25, -0.2) is 22.3 Å². The van der Waals surface area contributed by atoms with Crippen molar-refractivity contribution in [2.75, 3.05) is 7.05 Å². The first kappa shape index (κ1) is 21.0. The van der Waals surface area contributed by atoms with Crippen LogP contribution in [0.5, 0.6) is 0 Å². The van der Waals surface area contributed by atoms with Gasteiger partial charge in [0.05, 0.1) is 10.5 Å². The lowest BCUT2D eigenvalue weighted by molar-refractivity contribution is 0.0454. The number of benzene rings is 1. The van der Waals surface area contributed by atoms with Gasteiger partial charge in [0.25, 0.3) is 0 Å². The average molecular weight is 438 g/mol. The van der Waals surface area contributed by atoms with Gasteiger partial charge in [-0.1, -0.05) is 32.1 Å². The second kappa shape index (κ2) is 6.62. The number of hydrazone groups is 1. The maximum Gasteiger partial charge on any atom is 0.242 e. The molecule has 1 aliphatic heterocycles. The van der Waals surface area contributed by atoms with Crippen molar-refractivity contribution in [1.29, 1.82) is 0 Å². The summed E-state index contributed by atoms with van der Waals surface area (Å²) >= 11 is 0. The number of hydrogen-bond acceptors (Lipinski definition) is 5. The Morgan fingerprint density at radius 2 is 1.87 bits per heavy atom. The van der Waals surface area contributed by atoms with E-state index in [1.165, 1.54) is 25.1 Å². The first-order chi connectivity index (χ1) is 13.8. The fraction of sp³-hybridized carbons (Fsp3) is 0.476. The highest BCUT2D eigenvalue weighted by Crippen LogP contribution is 2.67. The Morgan fingerprint density at radius 3 is 2.43 bits per heavy atom. The molecule has 0 spiro atoms. The molecule has 2 unspecified atom stereocenters. The summed E-state index contributed by atoms with van der Waals surface area (Å²) in [6.07, 6.45) is 2.08. The summed E-state index contributed by atoms with van der Waals surface area (Å²) in [4.78, 5) is 0.0625. The van der Waals surface area contributed by atoms with E-state index in [1.807, 2.05) is 0 Å². The topological polar surface area (TPSA) is 85.0 Å². The second-order valence-electron chi connectivity index (χ2n) is 9.02. The van der Waals surface area contributed by atoms with Crippen molar-refractivity contribution in [1.82, 2.24) is 5.01 Å². The monoisotopic (exact) mass is 437 g/mol. The van der Waals surface area contributed by atoms with Crippen molar-refractivity contribution in [3.8, 4) is 0 Å². The van der Waals surface area contributed by atoms with Gasteiger partial charge in [-0.15, -0.1) is 5.10 Å². The van der Waals surface area contributed by atoms with Gasteiger partial charge in [0.1, 0.15) is 11.5 Å². The molecule has 30 heavy (non-hydrogen) atoms. The SMILES string of the molecule is CN1N=C(C2=CCC(C)(F)C=C2F)OC1[C@H]1[C@H](c2ccc(S(N)(=O)=O)cc2)C1(C)C. The van der Waals surface area contributed by atoms with Crippen LogP contribution in [-0.2, 0) is 14.8 Å². The molecule has 1 heterocycles. The van der Waals surface area contributed by atoms with Gasteiger partial charge in [0, 0.05) is 19.4 Å². The molecular weight excluding hydrogens is 412 g/mol. The Hall–Kier alpha value is -2.26. The molecule has 1 fully saturated rings. The number of halogens is 2. The number of alkyl halides is 1. The summed E-state index contributed by atoms with van der Waals surface area (Å²) in [7, 11) is -1.99. The normalized spacial score (nSPS) is 32.8. The molecule has 1 aromatic rings. The standard InChI is InChI=1S/C21H25F2N3O3S/c1-20(2)16(12-5-7-13(8-6-12)30(24,27)28)17(20)19-26(4)25-18(29-19)14-9-10-21(3,23)11-15(14)22/h5-9,11,16-17,19H,10H2,1-4H3,(H2,24,27,28)/t16-,17+,19?,21?/m0/s1. The Kier molecular flexibility index (Phi) is 4.63. The number of nitrogens with zero attached hydrogens (tertiary/aromatic N) is 2. The summed E-state index contributed by atoms with van der Waals surface area (Å²) in [6, 6.07) is 6.52. The number of nitrogens with two attached hydrogens (primary N) is 1. The van der Waals surface area contributed by atoms with Crippen LogP contribution in [0.1, 0.15) is 38.7 Å². The molecule has 0 saturated heterocycles. The number of rotatable bonds is 4. The molecule has 0 amide bonds. The van der Waals surface area contributed by atoms with Gasteiger partial charge in [-0.05, 0) is 42.0 Å². The molecule has 6 nitrogen and oxygen atoms in total. The molecule has 162 valence electrons. The van der Waals surface area contributed by atoms with E-state index in [9.17, 15) is 17.2 Å². The van der Waals surface area contributed by atoms with E-state index in [2.05, 4.69) is 18.9 Å². The summed E-state index contributed by atoms with van der Waals surface area (Å²) < 4.78 is 57.5. The van der Waals surface area contributed by atoms with E-state index in [-0.39, 0.29) is 40.0 Å². The molecule has 3 aliphatic rings. The third-order valence-corrected chi connectivity index (χ3v) is 7.18. The van der Waals surface area contributed by atoms with Crippen molar-refractivity contribution in [2.45, 2.75) is 49.9 Å². The van der Waals surface area contributed by atoms with Gasteiger partial charge >= 0.3 is 0 Å². The van der Waals surface area contributed by atoms with Gasteiger partial charge in [0.2, 0.25) is 15.9 Å². The van der Waals surface area contributed by atoms with E-state index >= 15 is 0 Å². The van der Waals surface area contributed by atoms with Crippen LogP contribution in [0.4, 0.5) is 8.78 Å². The highest BCUT2D eigenvalue weighted by Gasteiger charge is 2.64. The third-order valence-electron chi connectivity index (χ3n) is 6.26. The van der Waals surface area contributed by atoms with Crippen molar-refractivity contribution >= 4 is 15.9 Å². The van der Waals surface area contributed by atoms with Crippen LogP contribution in [0.15, 0.2) is 57.8 Å². The molecule has 0 radical (unpaired) electrons. The molecule has 1 saturated carbocycles. The van der Waals surface area contributed by atoms with Crippen LogP contribution in [0.2, 0.25) is 0 Å². The third kappa shape index (κ3) is 3.54. The summed E-state index contributed by atoms with van der Waals surface area (Å²) in [6.45, 7) is 5.52. The predicted molar refractivity (Wildman–Crippen MR) is 109 cm³/mol. The lowest BCUT2D eigenvalue weighted by Gasteiger charge is -2.21. The zero-order valence-electron chi connectivity index (χ0n) is 17.3. The van der Waals surface area contributed by atoms with Gasteiger partial charge in [-0.2, -0.15) is 0 Å². The summed E-state index contributed by atoms with van der Waals surface area (Å²) in [5.74, 6) is -0.377. The van der Waals surface area contributed by atoms with Crippen LogP contribution in [0.3, 0.4) is 0 Å². The van der Waals surface area contributed by atoms with Crippen molar-refractivity contribution < 1.29 is 21.9 Å². The van der Waals surface area contributed by atoms with Crippen LogP contribution in [0.25, 0.3) is 0 Å². The first-order valence-electron chi connectivity index (χ1n) is 9.70. The lowest BCUT2D eigenvalue weighted by atomic mass is 9.95. The molecule has 0 aromatic heterocycles. The molecule has 4 atom stereocenters. The number of hydrogen-bond donors (Lipinski definition) is 1. The van der Waals surface area contributed by atoms with Crippen molar-refractivity contribution in [2.24, 2.45) is 21.6 Å². The summed E-state index contributed by atoms with van der Waals surface area (Å²) in [5.41, 5.74) is -0.712. The van der Waals surface area contributed by atoms with E-state index in [0.717, 1.165) is 11.6 Å². The number of ether oxygens (including phenoxy) is 1. The molecular formula is C21H25F2N3O3S.